The summed E-state index contributed by atoms with van der Waals surface area (Å²) in [4.78, 5) is 3.98. The molecule has 2 rings (SSSR count). The molecule has 1 fully saturated rings. The van der Waals surface area contributed by atoms with E-state index in [1.165, 1.54) is 6.42 Å². The van der Waals surface area contributed by atoms with Gasteiger partial charge in [-0.1, -0.05) is 0 Å². The molecule has 1 saturated heterocycles. The van der Waals surface area contributed by atoms with Gasteiger partial charge in [-0.05, 0) is 42.5 Å². The van der Waals surface area contributed by atoms with E-state index < -0.39 is 5.60 Å². The van der Waals surface area contributed by atoms with Gasteiger partial charge in [-0.2, -0.15) is 0 Å². The average molecular weight is 241 g/mol. The van der Waals surface area contributed by atoms with Crippen LogP contribution in [0.1, 0.15) is 18.9 Å². The van der Waals surface area contributed by atoms with Crippen LogP contribution in [0, 0.1) is 0 Å². The Morgan fingerprint density at radius 3 is 2.53 bits per heavy atom. The fraction of sp³-hybridized carbons (Fsp3) is 0.545. The van der Waals surface area contributed by atoms with Crippen LogP contribution in [0.3, 0.4) is 0 Å². The molecule has 1 aliphatic rings. The normalized spacial score (nSPS) is 22.3. The second-order valence-electron chi connectivity index (χ2n) is 3.81. The van der Waals surface area contributed by atoms with Crippen LogP contribution in [0.2, 0.25) is 0 Å². The number of hydrogen-bond acceptors (Lipinski definition) is 4. The van der Waals surface area contributed by atoms with Gasteiger partial charge in [-0.3, -0.25) is 4.98 Å². The third-order valence-corrected chi connectivity index (χ3v) is 5.94. The third-order valence-electron chi connectivity index (χ3n) is 2.55. The Kier molecular flexibility index (Phi) is 3.59. The first-order valence-electron chi connectivity index (χ1n) is 5.07. The van der Waals surface area contributed by atoms with E-state index in [0.717, 1.165) is 17.1 Å². The highest BCUT2D eigenvalue weighted by Crippen LogP contribution is 2.42. The van der Waals surface area contributed by atoms with Crippen LogP contribution in [-0.4, -0.2) is 26.2 Å². The first-order chi connectivity index (χ1) is 7.21. The van der Waals surface area contributed by atoms with Crippen molar-refractivity contribution in [2.24, 2.45) is 0 Å². The van der Waals surface area contributed by atoms with Gasteiger partial charge in [0.25, 0.3) is 0 Å². The van der Waals surface area contributed by atoms with Gasteiger partial charge in [-0.25, -0.2) is 0 Å². The minimum atomic E-state index is -0.751. The van der Waals surface area contributed by atoms with Gasteiger partial charge in [0.05, 0.1) is 4.58 Å². The summed E-state index contributed by atoms with van der Waals surface area (Å²) < 4.78 is 0.244. The molecule has 1 aromatic rings. The molecule has 0 saturated carbocycles. The van der Waals surface area contributed by atoms with Crippen molar-refractivity contribution in [1.82, 2.24) is 4.98 Å². The summed E-state index contributed by atoms with van der Waals surface area (Å²) in [6, 6.07) is 3.80. The lowest BCUT2D eigenvalue weighted by Gasteiger charge is -2.34. The van der Waals surface area contributed by atoms with Crippen LogP contribution >= 0.6 is 23.5 Å². The molecule has 2 heterocycles. The van der Waals surface area contributed by atoms with Crippen LogP contribution < -0.4 is 0 Å². The van der Waals surface area contributed by atoms with Gasteiger partial charge < -0.3 is 5.11 Å². The minimum Gasteiger partial charge on any atom is -0.383 e. The van der Waals surface area contributed by atoms with Gasteiger partial charge in [0.2, 0.25) is 0 Å². The number of nitrogens with zero attached hydrogens (tertiary/aromatic N) is 1. The first-order valence-corrected chi connectivity index (χ1v) is 7.17. The molecule has 82 valence electrons. The quantitative estimate of drug-likeness (QED) is 0.862. The lowest BCUT2D eigenvalue weighted by molar-refractivity contribution is 0.0753. The molecule has 1 aliphatic heterocycles. The van der Waals surface area contributed by atoms with E-state index in [-0.39, 0.29) is 4.58 Å². The van der Waals surface area contributed by atoms with E-state index in [1.807, 2.05) is 42.6 Å². The van der Waals surface area contributed by atoms with Crippen LogP contribution in [0.25, 0.3) is 0 Å². The molecule has 4 heteroatoms. The minimum absolute atomic E-state index is 0.244. The first kappa shape index (κ1) is 11.3. The Balaban J connectivity index is 2.18. The maximum absolute atomic E-state index is 10.5. The molecule has 15 heavy (non-hydrogen) atoms. The second-order valence-corrected chi connectivity index (χ2v) is 6.53. The van der Waals surface area contributed by atoms with Gasteiger partial charge in [0, 0.05) is 12.4 Å². The highest BCUT2D eigenvalue weighted by Gasteiger charge is 2.35. The smallest absolute Gasteiger partial charge is 0.108 e. The van der Waals surface area contributed by atoms with Gasteiger partial charge >= 0.3 is 0 Å². The van der Waals surface area contributed by atoms with Gasteiger partial charge in [0.15, 0.2) is 0 Å². The van der Waals surface area contributed by atoms with Crippen molar-refractivity contribution in [2.45, 2.75) is 23.5 Å². The Morgan fingerprint density at radius 2 is 1.93 bits per heavy atom. The highest BCUT2D eigenvalue weighted by atomic mass is 32.2. The zero-order valence-corrected chi connectivity index (χ0v) is 10.4. The molecule has 0 aromatic carbocycles. The van der Waals surface area contributed by atoms with E-state index >= 15 is 0 Å². The Labute approximate surface area is 98.9 Å². The molecule has 1 N–H and O–H groups in total. The van der Waals surface area contributed by atoms with Crippen molar-refractivity contribution >= 4 is 23.5 Å². The maximum Gasteiger partial charge on any atom is 0.108 e. The van der Waals surface area contributed by atoms with Crippen LogP contribution in [0.5, 0.6) is 0 Å². The largest absolute Gasteiger partial charge is 0.383 e. The summed E-state index contributed by atoms with van der Waals surface area (Å²) in [6.45, 7) is 1.90. The number of aromatic nitrogens is 1. The second kappa shape index (κ2) is 4.76. The zero-order chi connectivity index (χ0) is 10.7. The number of rotatable bonds is 2. The van der Waals surface area contributed by atoms with Crippen molar-refractivity contribution in [3.63, 3.8) is 0 Å². The lowest BCUT2D eigenvalue weighted by atomic mass is 9.99. The fourth-order valence-electron chi connectivity index (χ4n) is 1.64. The summed E-state index contributed by atoms with van der Waals surface area (Å²) in [5.41, 5.74) is 0.211. The SMILES string of the molecule is CC(O)(c1ccncc1)C1SCCCS1. The van der Waals surface area contributed by atoms with Crippen molar-refractivity contribution < 1.29 is 5.11 Å². The number of pyridine rings is 1. The fourth-order valence-corrected chi connectivity index (χ4v) is 4.75. The molecule has 0 spiro atoms. The molecule has 1 atom stereocenters. The number of aliphatic hydroxyl groups is 1. The molecule has 1 unspecified atom stereocenters. The Morgan fingerprint density at radius 1 is 1.33 bits per heavy atom. The summed E-state index contributed by atoms with van der Waals surface area (Å²) in [6.07, 6.45) is 4.72. The molecule has 0 amide bonds. The van der Waals surface area contributed by atoms with E-state index in [9.17, 15) is 5.11 Å². The molecule has 0 radical (unpaired) electrons. The predicted octanol–water partition coefficient (Wildman–Crippen LogP) is 2.49. The summed E-state index contributed by atoms with van der Waals surface area (Å²) >= 11 is 3.72. The zero-order valence-electron chi connectivity index (χ0n) is 8.72. The summed E-state index contributed by atoms with van der Waals surface area (Å²) in [5.74, 6) is 2.30. The molecular weight excluding hydrogens is 226 g/mol. The monoisotopic (exact) mass is 241 g/mol. The molecular formula is C11H15NOS2. The van der Waals surface area contributed by atoms with E-state index in [2.05, 4.69) is 4.98 Å². The van der Waals surface area contributed by atoms with Gasteiger partial charge in [0.1, 0.15) is 5.60 Å². The van der Waals surface area contributed by atoms with Crippen molar-refractivity contribution in [3.05, 3.63) is 30.1 Å². The topological polar surface area (TPSA) is 33.1 Å². The predicted molar refractivity (Wildman–Crippen MR) is 67.1 cm³/mol. The highest BCUT2D eigenvalue weighted by molar-refractivity contribution is 8.17. The van der Waals surface area contributed by atoms with Crippen LogP contribution in [-0.2, 0) is 5.60 Å². The summed E-state index contributed by atoms with van der Waals surface area (Å²) in [7, 11) is 0. The van der Waals surface area contributed by atoms with Crippen molar-refractivity contribution in [1.29, 1.82) is 0 Å². The number of hydrogen-bond donors (Lipinski definition) is 1. The molecule has 1 aromatic heterocycles. The number of thioether (sulfide) groups is 2. The summed E-state index contributed by atoms with van der Waals surface area (Å²) in [5, 5.41) is 10.5. The Hall–Kier alpha value is -0.190. The molecule has 0 aliphatic carbocycles. The maximum atomic E-state index is 10.5. The lowest BCUT2D eigenvalue weighted by Crippen LogP contribution is -2.34. The third kappa shape index (κ3) is 2.49. The average Bonchev–Trinajstić information content (AvgIpc) is 2.31. The molecule has 0 bridgehead atoms. The van der Waals surface area contributed by atoms with E-state index in [0.29, 0.717) is 0 Å². The van der Waals surface area contributed by atoms with E-state index in [4.69, 9.17) is 0 Å². The van der Waals surface area contributed by atoms with Crippen molar-refractivity contribution in [3.8, 4) is 0 Å². The van der Waals surface area contributed by atoms with Crippen LogP contribution in [0.4, 0.5) is 0 Å². The van der Waals surface area contributed by atoms with Crippen LogP contribution in [0.15, 0.2) is 24.5 Å². The Bertz CT molecular complexity index is 310. The van der Waals surface area contributed by atoms with Crippen molar-refractivity contribution in [2.75, 3.05) is 11.5 Å². The van der Waals surface area contributed by atoms with Gasteiger partial charge in [-0.15, -0.1) is 23.5 Å². The standard InChI is InChI=1S/C11H15NOS2/c1-11(13,9-3-5-12-6-4-9)10-14-7-2-8-15-10/h3-6,10,13H,2,7-8H2,1H3. The van der Waals surface area contributed by atoms with E-state index in [1.54, 1.807) is 12.4 Å². The molecule has 2 nitrogen and oxygen atoms in total.